The van der Waals surface area contributed by atoms with E-state index in [1.54, 1.807) is 0 Å². The van der Waals surface area contributed by atoms with Gasteiger partial charge in [-0.2, -0.15) is 12.6 Å². The van der Waals surface area contributed by atoms with Crippen molar-refractivity contribution in [1.29, 1.82) is 0 Å². The molecule has 1 aromatic rings. The first-order chi connectivity index (χ1) is 6.12. The van der Waals surface area contributed by atoms with Crippen LogP contribution in [0.2, 0.25) is 0 Å². The van der Waals surface area contributed by atoms with Gasteiger partial charge in [0, 0.05) is 17.7 Å². The Morgan fingerprint density at radius 3 is 3.00 bits per heavy atom. The molecule has 0 fully saturated rings. The van der Waals surface area contributed by atoms with E-state index in [1.165, 1.54) is 0 Å². The van der Waals surface area contributed by atoms with E-state index in [9.17, 15) is 8.42 Å². The molecule has 0 radical (unpaired) electrons. The van der Waals surface area contributed by atoms with E-state index in [1.807, 2.05) is 0 Å². The molecule has 0 atom stereocenters. The van der Waals surface area contributed by atoms with Gasteiger partial charge in [-0.1, -0.05) is 5.16 Å². The van der Waals surface area contributed by atoms with Gasteiger partial charge in [0.1, 0.15) is 5.76 Å². The van der Waals surface area contributed by atoms with E-state index in [2.05, 4.69) is 17.8 Å². The van der Waals surface area contributed by atoms with Crippen molar-refractivity contribution in [3.05, 3.63) is 17.0 Å². The van der Waals surface area contributed by atoms with Crippen LogP contribution < -0.4 is 0 Å². The highest BCUT2D eigenvalue weighted by molar-refractivity contribution is 7.90. The van der Waals surface area contributed by atoms with Crippen LogP contribution >= 0.6 is 12.6 Å². The SMILES string of the molecule is O=S1(=O)CCc2onc(CS)c2C1. The molecule has 0 bridgehead atoms. The molecule has 0 unspecified atom stereocenters. The monoisotopic (exact) mass is 219 g/mol. The fourth-order valence-electron chi connectivity index (χ4n) is 1.41. The maximum Gasteiger partial charge on any atom is 0.155 e. The summed E-state index contributed by atoms with van der Waals surface area (Å²) in [6.07, 6.45) is 0.443. The standard InChI is InChI=1S/C7H9NO3S2/c9-13(10)2-1-7-5(4-13)6(3-12)8-11-7/h12H,1-4H2. The fraction of sp³-hybridized carbons (Fsp3) is 0.571. The molecule has 1 aliphatic rings. The second-order valence-electron chi connectivity index (χ2n) is 3.03. The Morgan fingerprint density at radius 2 is 2.31 bits per heavy atom. The Kier molecular flexibility index (Phi) is 2.11. The van der Waals surface area contributed by atoms with Crippen molar-refractivity contribution in [2.45, 2.75) is 17.9 Å². The molecule has 0 saturated carbocycles. The molecule has 2 rings (SSSR count). The average Bonchev–Trinajstić information content (AvgIpc) is 2.44. The summed E-state index contributed by atoms with van der Waals surface area (Å²) in [7, 11) is -2.93. The molecule has 1 aliphatic heterocycles. The van der Waals surface area contributed by atoms with Crippen LogP contribution in [0.25, 0.3) is 0 Å². The highest BCUT2D eigenvalue weighted by atomic mass is 32.2. The van der Waals surface area contributed by atoms with Crippen molar-refractivity contribution >= 4 is 22.5 Å². The van der Waals surface area contributed by atoms with E-state index < -0.39 is 9.84 Å². The van der Waals surface area contributed by atoms with Crippen LogP contribution in [-0.2, 0) is 27.8 Å². The topological polar surface area (TPSA) is 60.2 Å². The quantitative estimate of drug-likeness (QED) is 0.702. The summed E-state index contributed by atoms with van der Waals surface area (Å²) in [5, 5.41) is 3.77. The van der Waals surface area contributed by atoms with Crippen molar-refractivity contribution < 1.29 is 12.9 Å². The third kappa shape index (κ3) is 1.60. The van der Waals surface area contributed by atoms with E-state index >= 15 is 0 Å². The van der Waals surface area contributed by atoms with Gasteiger partial charge in [0.15, 0.2) is 9.84 Å². The van der Waals surface area contributed by atoms with Crippen molar-refractivity contribution in [2.24, 2.45) is 0 Å². The zero-order valence-corrected chi connectivity index (χ0v) is 8.57. The molecule has 4 nitrogen and oxygen atoms in total. The van der Waals surface area contributed by atoms with Gasteiger partial charge in [-0.05, 0) is 0 Å². The minimum atomic E-state index is -2.93. The number of nitrogens with zero attached hydrogens (tertiary/aromatic N) is 1. The van der Waals surface area contributed by atoms with Gasteiger partial charge in [0.2, 0.25) is 0 Å². The van der Waals surface area contributed by atoms with Crippen molar-refractivity contribution in [3.8, 4) is 0 Å². The van der Waals surface area contributed by atoms with E-state index in [0.717, 1.165) is 5.56 Å². The van der Waals surface area contributed by atoms with Crippen LogP contribution in [0.15, 0.2) is 4.52 Å². The van der Waals surface area contributed by atoms with Crippen LogP contribution in [0.4, 0.5) is 0 Å². The molecule has 0 amide bonds. The number of sulfone groups is 1. The highest BCUT2D eigenvalue weighted by Crippen LogP contribution is 2.24. The maximum absolute atomic E-state index is 11.3. The smallest absolute Gasteiger partial charge is 0.155 e. The molecular weight excluding hydrogens is 210 g/mol. The second kappa shape index (κ2) is 3.02. The highest BCUT2D eigenvalue weighted by Gasteiger charge is 2.27. The van der Waals surface area contributed by atoms with Crippen LogP contribution in [0.1, 0.15) is 17.0 Å². The minimum Gasteiger partial charge on any atom is -0.361 e. The number of aromatic nitrogens is 1. The molecule has 72 valence electrons. The molecule has 1 aromatic heterocycles. The first kappa shape index (κ1) is 9.08. The summed E-state index contributed by atoms with van der Waals surface area (Å²) in [6, 6.07) is 0. The number of rotatable bonds is 1. The largest absolute Gasteiger partial charge is 0.361 e. The zero-order chi connectivity index (χ0) is 9.47. The Bertz CT molecular complexity index is 407. The van der Waals surface area contributed by atoms with Gasteiger partial charge in [0.05, 0.1) is 17.2 Å². The van der Waals surface area contributed by atoms with Gasteiger partial charge in [-0.25, -0.2) is 8.42 Å². The molecule has 0 saturated heterocycles. The summed E-state index contributed by atoms with van der Waals surface area (Å²) < 4.78 is 27.6. The maximum atomic E-state index is 11.3. The molecule has 0 spiro atoms. The lowest BCUT2D eigenvalue weighted by Gasteiger charge is -2.09. The lowest BCUT2D eigenvalue weighted by Crippen LogP contribution is -2.18. The van der Waals surface area contributed by atoms with Crippen LogP contribution in [-0.4, -0.2) is 19.3 Å². The Labute approximate surface area is 81.6 Å². The Morgan fingerprint density at radius 1 is 1.54 bits per heavy atom. The Hall–Kier alpha value is -0.490. The number of hydrogen-bond acceptors (Lipinski definition) is 5. The van der Waals surface area contributed by atoms with E-state index in [4.69, 9.17) is 4.52 Å². The third-order valence-electron chi connectivity index (χ3n) is 2.11. The summed E-state index contributed by atoms with van der Waals surface area (Å²) in [5.41, 5.74) is 1.38. The lowest BCUT2D eigenvalue weighted by atomic mass is 10.2. The normalized spacial score (nSPS) is 19.8. The molecule has 0 aromatic carbocycles. The molecule has 0 N–H and O–H groups in total. The average molecular weight is 219 g/mol. The summed E-state index contributed by atoms with van der Waals surface area (Å²) >= 11 is 4.05. The van der Waals surface area contributed by atoms with Crippen LogP contribution in [0.3, 0.4) is 0 Å². The van der Waals surface area contributed by atoms with Gasteiger partial charge < -0.3 is 4.52 Å². The zero-order valence-electron chi connectivity index (χ0n) is 6.86. The molecule has 6 heteroatoms. The van der Waals surface area contributed by atoms with Gasteiger partial charge in [0.25, 0.3) is 0 Å². The fourth-order valence-corrected chi connectivity index (χ4v) is 3.06. The lowest BCUT2D eigenvalue weighted by molar-refractivity contribution is 0.380. The van der Waals surface area contributed by atoms with Crippen LogP contribution in [0, 0.1) is 0 Å². The summed E-state index contributed by atoms with van der Waals surface area (Å²) in [5.74, 6) is 1.36. The van der Waals surface area contributed by atoms with Crippen molar-refractivity contribution in [1.82, 2.24) is 5.16 Å². The first-order valence-electron chi connectivity index (χ1n) is 3.90. The Balaban J connectivity index is 2.47. The number of thiol groups is 1. The molecule has 13 heavy (non-hydrogen) atoms. The summed E-state index contributed by atoms with van der Waals surface area (Å²) in [4.78, 5) is 0. The molecule has 0 aliphatic carbocycles. The number of hydrogen-bond donors (Lipinski definition) is 1. The first-order valence-corrected chi connectivity index (χ1v) is 6.35. The molecular formula is C7H9NO3S2. The predicted octanol–water partition coefficient (Wildman–Crippen LogP) is 0.575. The van der Waals surface area contributed by atoms with Gasteiger partial charge in [-0.3, -0.25) is 0 Å². The predicted molar refractivity (Wildman–Crippen MR) is 50.4 cm³/mol. The van der Waals surface area contributed by atoms with Gasteiger partial charge >= 0.3 is 0 Å². The van der Waals surface area contributed by atoms with Crippen molar-refractivity contribution in [2.75, 3.05) is 5.75 Å². The minimum absolute atomic E-state index is 0.0573. The van der Waals surface area contributed by atoms with E-state index in [0.29, 0.717) is 23.6 Å². The number of aryl methyl sites for hydroxylation is 1. The van der Waals surface area contributed by atoms with Crippen LogP contribution in [0.5, 0.6) is 0 Å². The van der Waals surface area contributed by atoms with E-state index in [-0.39, 0.29) is 11.5 Å². The van der Waals surface area contributed by atoms with Gasteiger partial charge in [-0.15, -0.1) is 0 Å². The second-order valence-corrected chi connectivity index (χ2v) is 5.53. The summed E-state index contributed by atoms with van der Waals surface area (Å²) in [6.45, 7) is 0. The van der Waals surface area contributed by atoms with Crippen molar-refractivity contribution in [3.63, 3.8) is 0 Å². The third-order valence-corrected chi connectivity index (χ3v) is 3.96. The number of fused-ring (bicyclic) bond motifs is 1. The molecule has 2 heterocycles.